The minimum Gasteiger partial charge on any atom is -0.244 e. The molecular formula is C15H16Cl2N6O2. The predicted octanol–water partition coefficient (Wildman–Crippen LogP) is 2.55. The number of halogens is 2. The van der Waals surface area contributed by atoms with Crippen LogP contribution in [0.1, 0.15) is 19.3 Å². The monoisotopic (exact) mass is 382 g/mol. The lowest BCUT2D eigenvalue weighted by Gasteiger charge is -2.28. The van der Waals surface area contributed by atoms with Crippen molar-refractivity contribution in [2.24, 2.45) is 0 Å². The Balaban J connectivity index is 2.03. The van der Waals surface area contributed by atoms with Crippen LogP contribution in [0.25, 0.3) is 5.69 Å². The molecule has 1 aliphatic rings. The van der Waals surface area contributed by atoms with Crippen molar-refractivity contribution in [2.45, 2.75) is 19.3 Å². The Morgan fingerprint density at radius 3 is 2.44 bits per heavy atom. The van der Waals surface area contributed by atoms with E-state index in [1.165, 1.54) is 5.01 Å². The molecule has 0 aliphatic heterocycles. The van der Waals surface area contributed by atoms with Crippen LogP contribution in [0.3, 0.4) is 0 Å². The number of hydrogen-bond acceptors (Lipinski definition) is 5. The highest BCUT2D eigenvalue weighted by Gasteiger charge is 2.28. The third-order valence-electron chi connectivity index (χ3n) is 3.78. The van der Waals surface area contributed by atoms with Gasteiger partial charge < -0.3 is 0 Å². The van der Waals surface area contributed by atoms with Crippen molar-refractivity contribution in [3.05, 3.63) is 50.5 Å². The number of aromatic nitrogens is 4. The van der Waals surface area contributed by atoms with E-state index in [0.717, 1.165) is 29.6 Å². The lowest BCUT2D eigenvalue weighted by Crippen LogP contribution is -2.46. The van der Waals surface area contributed by atoms with Gasteiger partial charge in [0.25, 0.3) is 0 Å². The minimum atomic E-state index is -0.745. The zero-order chi connectivity index (χ0) is 18.1. The average Bonchev–Trinajstić information content (AvgIpc) is 3.18. The summed E-state index contributed by atoms with van der Waals surface area (Å²) in [4.78, 5) is 25.5. The van der Waals surface area contributed by atoms with E-state index in [2.05, 4.69) is 10.4 Å². The highest BCUT2D eigenvalue weighted by molar-refractivity contribution is 6.37. The molecule has 0 atom stereocenters. The van der Waals surface area contributed by atoms with E-state index in [9.17, 15) is 9.59 Å². The van der Waals surface area contributed by atoms with Crippen LogP contribution in [0.5, 0.6) is 0 Å². The molecule has 0 spiro atoms. The van der Waals surface area contributed by atoms with E-state index in [-0.39, 0.29) is 15.7 Å². The first kappa shape index (κ1) is 17.7. The summed E-state index contributed by atoms with van der Waals surface area (Å²) in [6.45, 7) is 0. The summed E-state index contributed by atoms with van der Waals surface area (Å²) in [5.41, 5.74) is 0.268. The normalized spacial score (nSPS) is 14.0. The summed E-state index contributed by atoms with van der Waals surface area (Å²) in [7, 11) is 3.44. The van der Waals surface area contributed by atoms with Gasteiger partial charge in [0.05, 0.1) is 10.0 Å². The van der Waals surface area contributed by atoms with Crippen LogP contribution in [-0.2, 0) is 0 Å². The molecule has 132 valence electrons. The third kappa shape index (κ3) is 3.20. The van der Waals surface area contributed by atoms with Crippen LogP contribution >= 0.6 is 23.2 Å². The van der Waals surface area contributed by atoms with Crippen molar-refractivity contribution in [1.29, 1.82) is 0 Å². The number of carbonyl (C=O) groups is 1. The molecule has 0 bridgehead atoms. The molecule has 3 rings (SSSR count). The summed E-state index contributed by atoms with van der Waals surface area (Å²) in [5.74, 6) is 0. The SMILES string of the molecule is CN(C)N(C(=O)n1nnn(-c2c(Cl)cccc2Cl)c1=O)C1=CCCC1. The molecule has 1 aliphatic carbocycles. The van der Waals surface area contributed by atoms with Crippen molar-refractivity contribution in [2.75, 3.05) is 14.1 Å². The summed E-state index contributed by atoms with van der Waals surface area (Å²) in [6, 6.07) is 4.18. The molecule has 1 heterocycles. The minimum absolute atomic E-state index is 0.186. The van der Waals surface area contributed by atoms with E-state index in [1.54, 1.807) is 37.3 Å². The molecule has 0 saturated carbocycles. The predicted molar refractivity (Wildman–Crippen MR) is 93.9 cm³/mol. The first-order valence-corrected chi connectivity index (χ1v) is 8.37. The lowest BCUT2D eigenvalue weighted by molar-refractivity contribution is 0.0909. The van der Waals surface area contributed by atoms with Gasteiger partial charge in [0.1, 0.15) is 5.69 Å². The van der Waals surface area contributed by atoms with Crippen molar-refractivity contribution in [3.8, 4) is 5.69 Å². The Morgan fingerprint density at radius 2 is 1.88 bits per heavy atom. The maximum atomic E-state index is 12.8. The van der Waals surface area contributed by atoms with E-state index in [4.69, 9.17) is 23.2 Å². The second-order valence-electron chi connectivity index (χ2n) is 5.68. The molecule has 10 heteroatoms. The Morgan fingerprint density at radius 1 is 1.20 bits per heavy atom. The van der Waals surface area contributed by atoms with Gasteiger partial charge in [-0.3, -0.25) is 0 Å². The van der Waals surface area contributed by atoms with Gasteiger partial charge in [-0.15, -0.1) is 4.68 Å². The Hall–Kier alpha value is -2.16. The fraction of sp³-hybridized carbons (Fsp3) is 0.333. The van der Waals surface area contributed by atoms with Gasteiger partial charge in [0.2, 0.25) is 0 Å². The number of nitrogens with zero attached hydrogens (tertiary/aromatic N) is 6. The zero-order valence-electron chi connectivity index (χ0n) is 13.7. The van der Waals surface area contributed by atoms with Crippen LogP contribution in [0.2, 0.25) is 10.0 Å². The molecule has 25 heavy (non-hydrogen) atoms. The Kier molecular flexibility index (Phi) is 4.94. The summed E-state index contributed by atoms with van der Waals surface area (Å²) < 4.78 is 1.61. The number of carbonyl (C=O) groups excluding carboxylic acids is 1. The van der Waals surface area contributed by atoms with Crippen molar-refractivity contribution >= 4 is 29.2 Å². The van der Waals surface area contributed by atoms with E-state index in [1.807, 2.05) is 6.08 Å². The number of amides is 1. The molecule has 0 N–H and O–H groups in total. The van der Waals surface area contributed by atoms with Gasteiger partial charge >= 0.3 is 11.7 Å². The number of rotatable bonds is 3. The molecule has 1 aromatic heterocycles. The summed E-state index contributed by atoms with van der Waals surface area (Å²) in [5, 5.41) is 10.9. The van der Waals surface area contributed by atoms with Crippen LogP contribution in [-0.4, -0.2) is 49.9 Å². The van der Waals surface area contributed by atoms with Gasteiger partial charge in [-0.05, 0) is 41.8 Å². The Labute approximate surface area is 153 Å². The quantitative estimate of drug-likeness (QED) is 0.602. The van der Waals surface area contributed by atoms with Gasteiger partial charge in [0.15, 0.2) is 0 Å². The fourth-order valence-corrected chi connectivity index (χ4v) is 3.24. The number of hydrazine groups is 1. The molecular weight excluding hydrogens is 367 g/mol. The van der Waals surface area contributed by atoms with Gasteiger partial charge in [-0.1, -0.05) is 35.3 Å². The second kappa shape index (κ2) is 6.99. The highest BCUT2D eigenvalue weighted by Crippen LogP contribution is 2.26. The molecule has 0 unspecified atom stereocenters. The molecule has 2 aromatic rings. The van der Waals surface area contributed by atoms with E-state index >= 15 is 0 Å². The fourth-order valence-electron chi connectivity index (χ4n) is 2.68. The van der Waals surface area contributed by atoms with Crippen LogP contribution < -0.4 is 5.69 Å². The molecule has 1 amide bonds. The molecule has 0 fully saturated rings. The summed E-state index contributed by atoms with van der Waals surface area (Å²) in [6.07, 6.45) is 4.58. The molecule has 0 radical (unpaired) electrons. The van der Waals surface area contributed by atoms with Gasteiger partial charge in [-0.25, -0.2) is 19.6 Å². The van der Waals surface area contributed by atoms with Crippen LogP contribution in [0.4, 0.5) is 4.79 Å². The van der Waals surface area contributed by atoms with Crippen molar-refractivity contribution in [3.63, 3.8) is 0 Å². The maximum absolute atomic E-state index is 12.8. The average molecular weight is 383 g/mol. The van der Waals surface area contributed by atoms with Crippen molar-refractivity contribution < 1.29 is 4.79 Å². The zero-order valence-corrected chi connectivity index (χ0v) is 15.2. The standard InChI is InChI=1S/C15H16Cl2N6O2/c1-20(2)23(10-6-3-4-7-10)15(25)22-14(24)21(18-19-22)13-11(16)8-5-9-12(13)17/h5-6,8-9H,3-4,7H2,1-2H3. The number of para-hydroxylation sites is 1. The number of allylic oxidation sites excluding steroid dienone is 2. The number of tetrazole rings is 1. The number of hydrogen-bond donors (Lipinski definition) is 0. The second-order valence-corrected chi connectivity index (χ2v) is 6.50. The smallest absolute Gasteiger partial charge is 0.244 e. The number of benzene rings is 1. The maximum Gasteiger partial charge on any atom is 0.377 e. The van der Waals surface area contributed by atoms with E-state index in [0.29, 0.717) is 4.68 Å². The third-order valence-corrected chi connectivity index (χ3v) is 4.39. The first-order valence-electron chi connectivity index (χ1n) is 7.62. The van der Waals surface area contributed by atoms with Crippen LogP contribution in [0.15, 0.2) is 34.8 Å². The molecule has 1 aromatic carbocycles. The molecule has 8 nitrogen and oxygen atoms in total. The van der Waals surface area contributed by atoms with Crippen molar-refractivity contribution in [1.82, 2.24) is 29.8 Å². The highest BCUT2D eigenvalue weighted by atomic mass is 35.5. The Bertz CT molecular complexity index is 881. The van der Waals surface area contributed by atoms with E-state index < -0.39 is 11.7 Å². The first-order chi connectivity index (χ1) is 11.9. The van der Waals surface area contributed by atoms with Gasteiger partial charge in [-0.2, -0.15) is 4.68 Å². The van der Waals surface area contributed by atoms with Crippen LogP contribution in [0, 0.1) is 0 Å². The molecule has 0 saturated heterocycles. The topological polar surface area (TPSA) is 76.3 Å². The van der Waals surface area contributed by atoms with Gasteiger partial charge in [0, 0.05) is 19.8 Å². The summed E-state index contributed by atoms with van der Waals surface area (Å²) >= 11 is 12.2. The lowest BCUT2D eigenvalue weighted by atomic mass is 10.3. The largest absolute Gasteiger partial charge is 0.377 e.